The molecule has 0 aliphatic rings. The summed E-state index contributed by atoms with van der Waals surface area (Å²) in [6.07, 6.45) is 3.06. The molecule has 0 unspecified atom stereocenters. The number of aryl methyl sites for hydroxylation is 2. The molecule has 0 saturated carbocycles. The number of hydrogen-bond donors (Lipinski definition) is 0. The molecule has 2 heterocycles. The molecule has 0 aliphatic carbocycles. The van der Waals surface area contributed by atoms with E-state index >= 15 is 0 Å². The van der Waals surface area contributed by atoms with Crippen LogP contribution in [-0.2, 0) is 0 Å². The predicted molar refractivity (Wildman–Crippen MR) is 53.6 cm³/mol. The summed E-state index contributed by atoms with van der Waals surface area (Å²) < 4.78 is 5.30. The van der Waals surface area contributed by atoms with Gasteiger partial charge in [-0.2, -0.15) is 0 Å². The van der Waals surface area contributed by atoms with Crippen LogP contribution in [0, 0.1) is 13.8 Å². The van der Waals surface area contributed by atoms with E-state index in [9.17, 15) is 4.79 Å². The van der Waals surface area contributed by atoms with Gasteiger partial charge in [0.15, 0.2) is 5.76 Å². The number of furan rings is 1. The quantitative estimate of drug-likeness (QED) is 0.698. The Morgan fingerprint density at radius 3 is 2.47 bits per heavy atom. The molecule has 2 aromatic heterocycles. The molecule has 2 rings (SSSR count). The van der Waals surface area contributed by atoms with Crippen LogP contribution in [0.25, 0.3) is 0 Å². The van der Waals surface area contributed by atoms with E-state index in [0.29, 0.717) is 0 Å². The molecule has 4 nitrogen and oxygen atoms in total. The van der Waals surface area contributed by atoms with E-state index in [2.05, 4.69) is 9.97 Å². The maximum atomic E-state index is 11.8. The van der Waals surface area contributed by atoms with Crippen LogP contribution in [0.5, 0.6) is 0 Å². The Morgan fingerprint density at radius 2 is 1.93 bits per heavy atom. The fourth-order valence-electron chi connectivity index (χ4n) is 1.21. The van der Waals surface area contributed by atoms with E-state index < -0.39 is 0 Å². The zero-order valence-electron chi connectivity index (χ0n) is 8.52. The number of rotatable bonds is 2. The maximum absolute atomic E-state index is 11.8. The standard InChI is InChI=1S/C11H10N2O2/c1-7-6-9(15-8(7)2)10(14)11-12-4-3-5-13-11/h3-6H,1-2H3. The lowest BCUT2D eigenvalue weighted by atomic mass is 10.2. The first kappa shape index (κ1) is 9.58. The molecule has 0 fully saturated rings. The third-order valence-corrected chi connectivity index (χ3v) is 2.16. The first-order valence-electron chi connectivity index (χ1n) is 4.57. The van der Waals surface area contributed by atoms with E-state index in [1.165, 1.54) is 12.4 Å². The van der Waals surface area contributed by atoms with E-state index in [4.69, 9.17) is 4.42 Å². The van der Waals surface area contributed by atoms with Gasteiger partial charge < -0.3 is 4.42 Å². The molecule has 76 valence electrons. The van der Waals surface area contributed by atoms with Crippen molar-refractivity contribution >= 4 is 5.78 Å². The van der Waals surface area contributed by atoms with Crippen LogP contribution in [0.1, 0.15) is 27.7 Å². The molecule has 15 heavy (non-hydrogen) atoms. The lowest BCUT2D eigenvalue weighted by molar-refractivity contribution is 0.0998. The zero-order chi connectivity index (χ0) is 10.8. The Hall–Kier alpha value is -1.97. The highest BCUT2D eigenvalue weighted by Crippen LogP contribution is 2.15. The summed E-state index contributed by atoms with van der Waals surface area (Å²) in [7, 11) is 0. The van der Waals surface area contributed by atoms with Gasteiger partial charge in [0, 0.05) is 12.4 Å². The summed E-state index contributed by atoms with van der Waals surface area (Å²) in [4.78, 5) is 19.5. The van der Waals surface area contributed by atoms with Gasteiger partial charge in [0.25, 0.3) is 5.78 Å². The highest BCUT2D eigenvalue weighted by Gasteiger charge is 2.16. The molecule has 0 saturated heterocycles. The molecule has 0 N–H and O–H groups in total. The summed E-state index contributed by atoms with van der Waals surface area (Å²) in [5, 5.41) is 0. The fraction of sp³-hybridized carbons (Fsp3) is 0.182. The van der Waals surface area contributed by atoms with Crippen LogP contribution in [0.3, 0.4) is 0 Å². The molecule has 0 amide bonds. The molecule has 4 heteroatoms. The molecule has 2 aromatic rings. The minimum atomic E-state index is -0.285. The van der Waals surface area contributed by atoms with Crippen molar-refractivity contribution in [2.45, 2.75) is 13.8 Å². The van der Waals surface area contributed by atoms with Crippen molar-refractivity contribution in [2.24, 2.45) is 0 Å². The summed E-state index contributed by atoms with van der Waals surface area (Å²) in [5.74, 6) is 0.906. The largest absolute Gasteiger partial charge is 0.457 e. The van der Waals surface area contributed by atoms with Crippen LogP contribution in [0.4, 0.5) is 0 Å². The number of ketones is 1. The number of aromatic nitrogens is 2. The molecular weight excluding hydrogens is 192 g/mol. The normalized spacial score (nSPS) is 10.3. The topological polar surface area (TPSA) is 56.0 Å². The second-order valence-corrected chi connectivity index (χ2v) is 3.25. The lowest BCUT2D eigenvalue weighted by Crippen LogP contribution is -2.04. The average molecular weight is 202 g/mol. The number of nitrogens with zero attached hydrogens (tertiary/aromatic N) is 2. The van der Waals surface area contributed by atoms with Gasteiger partial charge in [-0.25, -0.2) is 9.97 Å². The summed E-state index contributed by atoms with van der Waals surface area (Å²) in [6.45, 7) is 3.71. The van der Waals surface area contributed by atoms with Crippen molar-refractivity contribution in [1.82, 2.24) is 9.97 Å². The second kappa shape index (κ2) is 3.65. The molecule has 0 spiro atoms. The van der Waals surface area contributed by atoms with E-state index in [-0.39, 0.29) is 17.4 Å². The van der Waals surface area contributed by atoms with Crippen molar-refractivity contribution in [1.29, 1.82) is 0 Å². The molecule has 0 aromatic carbocycles. The van der Waals surface area contributed by atoms with E-state index in [1.54, 1.807) is 12.1 Å². The fourth-order valence-corrected chi connectivity index (χ4v) is 1.21. The number of carbonyl (C=O) groups excluding carboxylic acids is 1. The van der Waals surface area contributed by atoms with Crippen LogP contribution in [0.15, 0.2) is 28.9 Å². The second-order valence-electron chi connectivity index (χ2n) is 3.25. The maximum Gasteiger partial charge on any atom is 0.265 e. The van der Waals surface area contributed by atoms with E-state index in [1.807, 2.05) is 13.8 Å². The molecular formula is C11H10N2O2. The Kier molecular flexibility index (Phi) is 2.33. The van der Waals surface area contributed by atoms with Crippen LogP contribution < -0.4 is 0 Å². The van der Waals surface area contributed by atoms with Crippen molar-refractivity contribution in [3.8, 4) is 0 Å². The Morgan fingerprint density at radius 1 is 1.27 bits per heavy atom. The van der Waals surface area contributed by atoms with Crippen molar-refractivity contribution in [3.63, 3.8) is 0 Å². The molecule has 0 atom stereocenters. The van der Waals surface area contributed by atoms with Gasteiger partial charge in [0.05, 0.1) is 0 Å². The average Bonchev–Trinajstić information content (AvgIpc) is 2.59. The van der Waals surface area contributed by atoms with Crippen LogP contribution >= 0.6 is 0 Å². The summed E-state index contributed by atoms with van der Waals surface area (Å²) in [5.41, 5.74) is 0.953. The van der Waals surface area contributed by atoms with Crippen LogP contribution in [-0.4, -0.2) is 15.8 Å². The lowest BCUT2D eigenvalue weighted by Gasteiger charge is -1.93. The van der Waals surface area contributed by atoms with Gasteiger partial charge in [-0.05, 0) is 31.5 Å². The third kappa shape index (κ3) is 1.79. The summed E-state index contributed by atoms with van der Waals surface area (Å²) in [6, 6.07) is 3.36. The smallest absolute Gasteiger partial charge is 0.265 e. The van der Waals surface area contributed by atoms with Gasteiger partial charge in [-0.3, -0.25) is 4.79 Å². The highest BCUT2D eigenvalue weighted by atomic mass is 16.3. The van der Waals surface area contributed by atoms with Crippen LogP contribution in [0.2, 0.25) is 0 Å². The zero-order valence-corrected chi connectivity index (χ0v) is 8.52. The van der Waals surface area contributed by atoms with Gasteiger partial charge in [0.1, 0.15) is 5.76 Å². The van der Waals surface area contributed by atoms with Gasteiger partial charge in [0.2, 0.25) is 5.82 Å². The SMILES string of the molecule is Cc1cc(C(=O)c2ncccn2)oc1C. The predicted octanol–water partition coefficient (Wildman–Crippen LogP) is 1.92. The first-order valence-corrected chi connectivity index (χ1v) is 4.57. The minimum absolute atomic E-state index is 0.159. The third-order valence-electron chi connectivity index (χ3n) is 2.16. The molecule has 0 radical (unpaired) electrons. The van der Waals surface area contributed by atoms with Crippen molar-refractivity contribution < 1.29 is 9.21 Å². The Labute approximate surface area is 87.0 Å². The van der Waals surface area contributed by atoms with Crippen molar-refractivity contribution in [2.75, 3.05) is 0 Å². The van der Waals surface area contributed by atoms with Gasteiger partial charge in [-0.15, -0.1) is 0 Å². The highest BCUT2D eigenvalue weighted by molar-refractivity contribution is 6.04. The van der Waals surface area contributed by atoms with Crippen molar-refractivity contribution in [3.05, 3.63) is 47.4 Å². The van der Waals surface area contributed by atoms with Gasteiger partial charge >= 0.3 is 0 Å². The summed E-state index contributed by atoms with van der Waals surface area (Å²) >= 11 is 0. The monoisotopic (exact) mass is 202 g/mol. The Balaban J connectivity index is 2.37. The molecule has 0 aliphatic heterocycles. The Bertz CT molecular complexity index is 469. The molecule has 0 bridgehead atoms. The van der Waals surface area contributed by atoms with Gasteiger partial charge in [-0.1, -0.05) is 0 Å². The number of hydrogen-bond acceptors (Lipinski definition) is 4. The first-order chi connectivity index (χ1) is 7.18. The van der Waals surface area contributed by atoms with E-state index in [0.717, 1.165) is 11.3 Å². The number of carbonyl (C=O) groups is 1. The minimum Gasteiger partial charge on any atom is -0.457 e.